The van der Waals surface area contributed by atoms with Gasteiger partial charge >= 0.3 is 5.97 Å². The molecule has 1 aliphatic rings. The first kappa shape index (κ1) is 14.4. The van der Waals surface area contributed by atoms with E-state index in [9.17, 15) is 9.59 Å². The van der Waals surface area contributed by atoms with E-state index in [0.29, 0.717) is 27.9 Å². The second kappa shape index (κ2) is 5.96. The molecule has 102 valence electrons. The number of amides is 1. The van der Waals surface area contributed by atoms with Crippen molar-refractivity contribution in [2.75, 3.05) is 5.32 Å². The number of carboxylic acid groups (broad SMARTS) is 1. The first-order chi connectivity index (χ1) is 8.99. The Labute approximate surface area is 126 Å². The highest BCUT2D eigenvalue weighted by Gasteiger charge is 2.38. The summed E-state index contributed by atoms with van der Waals surface area (Å²) in [6.45, 7) is 0. The number of rotatable bonds is 3. The number of hydrogen-bond donors (Lipinski definition) is 2. The Morgan fingerprint density at radius 3 is 2.63 bits per heavy atom. The summed E-state index contributed by atoms with van der Waals surface area (Å²) in [6, 6.07) is 0. The number of aromatic nitrogens is 2. The van der Waals surface area contributed by atoms with Crippen LogP contribution < -0.4 is 5.32 Å². The van der Waals surface area contributed by atoms with Gasteiger partial charge in [0.15, 0.2) is 5.82 Å². The van der Waals surface area contributed by atoms with Crippen molar-refractivity contribution in [3.63, 3.8) is 0 Å². The fourth-order valence-corrected chi connectivity index (χ4v) is 3.12. The van der Waals surface area contributed by atoms with Crippen LogP contribution in [-0.4, -0.2) is 27.0 Å². The van der Waals surface area contributed by atoms with Crippen LogP contribution in [0.25, 0.3) is 0 Å². The van der Waals surface area contributed by atoms with Gasteiger partial charge in [0.1, 0.15) is 9.21 Å². The number of carbonyl (C=O) groups is 2. The number of anilines is 1. The van der Waals surface area contributed by atoms with Crippen molar-refractivity contribution in [1.82, 2.24) is 9.97 Å². The Bertz CT molecular complexity index is 524. The number of hydrogen-bond acceptors (Lipinski definition) is 4. The van der Waals surface area contributed by atoms with Crippen molar-refractivity contribution in [3.8, 4) is 0 Å². The molecule has 0 aromatic carbocycles. The van der Waals surface area contributed by atoms with Gasteiger partial charge in [0.2, 0.25) is 5.91 Å². The molecule has 0 bridgehead atoms. The van der Waals surface area contributed by atoms with Gasteiger partial charge in [-0.1, -0.05) is 6.42 Å². The molecule has 1 heterocycles. The molecular formula is C11H11Br2N3O3. The molecule has 1 fully saturated rings. The monoisotopic (exact) mass is 391 g/mol. The Morgan fingerprint density at radius 1 is 1.32 bits per heavy atom. The van der Waals surface area contributed by atoms with Gasteiger partial charge in [0, 0.05) is 0 Å². The number of carboxylic acids is 1. The predicted octanol–water partition coefficient (Wildman–Crippen LogP) is 2.44. The first-order valence-electron chi connectivity index (χ1n) is 5.70. The molecule has 0 unspecified atom stereocenters. The molecule has 6 nitrogen and oxygen atoms in total. The van der Waals surface area contributed by atoms with Crippen molar-refractivity contribution in [2.45, 2.75) is 19.3 Å². The van der Waals surface area contributed by atoms with E-state index >= 15 is 0 Å². The lowest BCUT2D eigenvalue weighted by Gasteiger charge is -2.15. The third kappa shape index (κ3) is 3.30. The van der Waals surface area contributed by atoms with E-state index in [-0.39, 0.29) is 5.91 Å². The molecule has 2 N–H and O–H groups in total. The lowest BCUT2D eigenvalue weighted by Crippen LogP contribution is -2.30. The van der Waals surface area contributed by atoms with Crippen LogP contribution in [0.3, 0.4) is 0 Å². The van der Waals surface area contributed by atoms with Crippen molar-refractivity contribution >= 4 is 49.6 Å². The van der Waals surface area contributed by atoms with Gasteiger partial charge in [0.25, 0.3) is 0 Å². The second-order valence-electron chi connectivity index (χ2n) is 4.30. The van der Waals surface area contributed by atoms with Gasteiger partial charge in [-0.25, -0.2) is 9.97 Å². The lowest BCUT2D eigenvalue weighted by atomic mass is 9.95. The summed E-state index contributed by atoms with van der Waals surface area (Å²) in [4.78, 5) is 31.2. The average Bonchev–Trinajstić information content (AvgIpc) is 2.82. The van der Waals surface area contributed by atoms with Crippen molar-refractivity contribution in [1.29, 1.82) is 0 Å². The maximum Gasteiger partial charge on any atom is 0.307 e. The third-order valence-corrected chi connectivity index (χ3v) is 4.05. The van der Waals surface area contributed by atoms with Crippen molar-refractivity contribution in [3.05, 3.63) is 15.4 Å². The highest BCUT2D eigenvalue weighted by atomic mass is 79.9. The zero-order valence-electron chi connectivity index (χ0n) is 9.77. The molecule has 2 rings (SSSR count). The molecule has 1 aliphatic carbocycles. The predicted molar refractivity (Wildman–Crippen MR) is 74.5 cm³/mol. The summed E-state index contributed by atoms with van der Waals surface area (Å²) in [5.41, 5.74) is 0. The summed E-state index contributed by atoms with van der Waals surface area (Å²) < 4.78 is 0.946. The van der Waals surface area contributed by atoms with Crippen LogP contribution in [-0.2, 0) is 9.59 Å². The molecule has 1 amide bonds. The molecule has 0 aliphatic heterocycles. The smallest absolute Gasteiger partial charge is 0.307 e. The number of aliphatic carboxylic acids is 1. The van der Waals surface area contributed by atoms with Crippen LogP contribution in [0.2, 0.25) is 0 Å². The molecule has 1 aromatic rings. The van der Waals surface area contributed by atoms with Gasteiger partial charge in [-0.3, -0.25) is 9.59 Å². The summed E-state index contributed by atoms with van der Waals surface area (Å²) >= 11 is 6.36. The highest BCUT2D eigenvalue weighted by Crippen LogP contribution is 2.33. The maximum absolute atomic E-state index is 12.1. The molecule has 0 spiro atoms. The summed E-state index contributed by atoms with van der Waals surface area (Å²) in [6.07, 6.45) is 3.34. The van der Waals surface area contributed by atoms with E-state index < -0.39 is 17.8 Å². The van der Waals surface area contributed by atoms with Gasteiger partial charge in [0.05, 0.1) is 18.0 Å². The van der Waals surface area contributed by atoms with Gasteiger partial charge in [-0.05, 0) is 44.7 Å². The zero-order valence-corrected chi connectivity index (χ0v) is 12.9. The quantitative estimate of drug-likeness (QED) is 0.824. The van der Waals surface area contributed by atoms with E-state index in [1.165, 1.54) is 6.20 Å². The molecular weight excluding hydrogens is 382 g/mol. The van der Waals surface area contributed by atoms with E-state index in [0.717, 1.165) is 6.42 Å². The van der Waals surface area contributed by atoms with Gasteiger partial charge in [-0.2, -0.15) is 0 Å². The van der Waals surface area contributed by atoms with Crippen LogP contribution in [0, 0.1) is 11.8 Å². The Kier molecular flexibility index (Phi) is 4.51. The molecule has 19 heavy (non-hydrogen) atoms. The molecule has 2 atom stereocenters. The summed E-state index contributed by atoms with van der Waals surface area (Å²) in [5, 5.41) is 11.7. The number of nitrogens with one attached hydrogen (secondary N) is 1. The molecule has 1 saturated carbocycles. The van der Waals surface area contributed by atoms with Crippen LogP contribution in [0.15, 0.2) is 15.4 Å². The van der Waals surface area contributed by atoms with Crippen LogP contribution in [0.5, 0.6) is 0 Å². The molecule has 1 aromatic heterocycles. The van der Waals surface area contributed by atoms with E-state index in [1.54, 1.807) is 0 Å². The topological polar surface area (TPSA) is 92.2 Å². The number of carbonyl (C=O) groups excluding carboxylic acids is 1. The van der Waals surface area contributed by atoms with Crippen LogP contribution in [0.4, 0.5) is 5.82 Å². The SMILES string of the molecule is O=C(O)[C@H]1CCC[C@H]1C(=O)Nc1ncc(Br)nc1Br. The van der Waals surface area contributed by atoms with Crippen LogP contribution >= 0.6 is 31.9 Å². The van der Waals surface area contributed by atoms with Crippen LogP contribution in [0.1, 0.15) is 19.3 Å². The second-order valence-corrected chi connectivity index (χ2v) is 5.87. The molecule has 8 heteroatoms. The fourth-order valence-electron chi connectivity index (χ4n) is 2.21. The summed E-state index contributed by atoms with van der Waals surface area (Å²) in [7, 11) is 0. The number of nitrogens with zero attached hydrogens (tertiary/aromatic N) is 2. The van der Waals surface area contributed by atoms with Crippen molar-refractivity contribution < 1.29 is 14.7 Å². The fraction of sp³-hybridized carbons (Fsp3) is 0.455. The third-order valence-electron chi connectivity index (χ3n) is 3.11. The average molecular weight is 393 g/mol. The van der Waals surface area contributed by atoms with E-state index in [2.05, 4.69) is 47.1 Å². The minimum absolute atomic E-state index is 0.296. The highest BCUT2D eigenvalue weighted by molar-refractivity contribution is 9.11. The Hall–Kier alpha value is -1.02. The Morgan fingerprint density at radius 2 is 2.00 bits per heavy atom. The minimum atomic E-state index is -0.918. The summed E-state index contributed by atoms with van der Waals surface area (Å²) in [5.74, 6) is -2.05. The van der Waals surface area contributed by atoms with E-state index in [4.69, 9.17) is 5.11 Å². The minimum Gasteiger partial charge on any atom is -0.481 e. The normalized spacial score (nSPS) is 22.2. The van der Waals surface area contributed by atoms with E-state index in [1.807, 2.05) is 0 Å². The van der Waals surface area contributed by atoms with Gasteiger partial charge < -0.3 is 10.4 Å². The number of halogens is 2. The lowest BCUT2D eigenvalue weighted by molar-refractivity contribution is -0.145. The zero-order chi connectivity index (χ0) is 14.0. The molecule has 0 saturated heterocycles. The van der Waals surface area contributed by atoms with Crippen molar-refractivity contribution in [2.24, 2.45) is 11.8 Å². The molecule has 0 radical (unpaired) electrons. The van der Waals surface area contributed by atoms with Gasteiger partial charge in [-0.15, -0.1) is 0 Å². The standard InChI is InChI=1S/C11H11Br2N3O3/c12-7-4-14-9(8(13)15-7)16-10(17)5-2-1-3-6(5)11(18)19/h4-6H,1-3H2,(H,18,19)(H,14,16,17)/t5-,6+/m1/s1. The largest absolute Gasteiger partial charge is 0.481 e. The maximum atomic E-state index is 12.1. The first-order valence-corrected chi connectivity index (χ1v) is 7.29. The Balaban J connectivity index is 2.10.